The molecule has 4 aromatic rings. The quantitative estimate of drug-likeness (QED) is 0.359. The lowest BCUT2D eigenvalue weighted by Gasteiger charge is -2.07. The lowest BCUT2D eigenvalue weighted by Crippen LogP contribution is -1.97. The second-order valence-corrected chi connectivity index (χ2v) is 7.05. The Labute approximate surface area is 163 Å². The smallest absolute Gasteiger partial charge is 0.313 e. The topological polar surface area (TPSA) is 108 Å². The van der Waals surface area contributed by atoms with Crippen LogP contribution < -0.4 is 0 Å². The Morgan fingerprint density at radius 1 is 0.964 bits per heavy atom. The Morgan fingerprint density at radius 3 is 2.54 bits per heavy atom. The molecule has 1 aromatic heterocycles. The van der Waals surface area contributed by atoms with E-state index in [1.807, 2.05) is 42.5 Å². The lowest BCUT2D eigenvalue weighted by molar-refractivity contribution is -0.133. The van der Waals surface area contributed by atoms with Crippen LogP contribution in [-0.2, 0) is 4.79 Å². The van der Waals surface area contributed by atoms with Crippen LogP contribution in [0.1, 0.15) is 0 Å². The van der Waals surface area contributed by atoms with Gasteiger partial charge in [-0.2, -0.15) is 0 Å². The van der Waals surface area contributed by atoms with Gasteiger partial charge in [-0.25, -0.2) is 0 Å². The van der Waals surface area contributed by atoms with E-state index in [-0.39, 0.29) is 11.4 Å². The SMILES string of the molecule is O=Nc1cc(-c2ccc3ccccc3c2)cc(-c2nnc(SCC(=O)O)[nH]2)c1. The number of fused-ring (bicyclic) bond motifs is 1. The molecule has 0 radical (unpaired) electrons. The summed E-state index contributed by atoms with van der Waals surface area (Å²) in [4.78, 5) is 24.9. The molecule has 0 saturated heterocycles. The van der Waals surface area contributed by atoms with E-state index in [1.165, 1.54) is 0 Å². The Balaban J connectivity index is 1.73. The number of carboxylic acids is 1. The third-order valence-electron chi connectivity index (χ3n) is 4.18. The molecule has 1 heterocycles. The van der Waals surface area contributed by atoms with Gasteiger partial charge in [0.15, 0.2) is 11.0 Å². The molecular weight excluding hydrogens is 376 g/mol. The fourth-order valence-electron chi connectivity index (χ4n) is 2.91. The second kappa shape index (κ2) is 7.61. The monoisotopic (exact) mass is 390 g/mol. The van der Waals surface area contributed by atoms with E-state index in [0.717, 1.165) is 33.7 Å². The third kappa shape index (κ3) is 3.77. The summed E-state index contributed by atoms with van der Waals surface area (Å²) >= 11 is 1.04. The Bertz CT molecular complexity index is 1190. The first-order chi connectivity index (χ1) is 13.6. The van der Waals surface area contributed by atoms with E-state index in [2.05, 4.69) is 26.4 Å². The van der Waals surface area contributed by atoms with Crippen LogP contribution in [0.3, 0.4) is 0 Å². The van der Waals surface area contributed by atoms with Gasteiger partial charge in [0.05, 0.1) is 5.75 Å². The number of aromatic nitrogens is 3. The first-order valence-electron chi connectivity index (χ1n) is 8.37. The minimum absolute atomic E-state index is 0.118. The van der Waals surface area contributed by atoms with Crippen molar-refractivity contribution in [1.29, 1.82) is 0 Å². The normalized spacial score (nSPS) is 10.9. The van der Waals surface area contributed by atoms with Gasteiger partial charge in [0.2, 0.25) is 0 Å². The molecule has 0 amide bonds. The summed E-state index contributed by atoms with van der Waals surface area (Å²) in [5.74, 6) is -0.610. The van der Waals surface area contributed by atoms with Crippen molar-refractivity contribution in [1.82, 2.24) is 15.2 Å². The minimum Gasteiger partial charge on any atom is -0.481 e. The molecule has 0 atom stereocenters. The summed E-state index contributed by atoms with van der Waals surface area (Å²) in [5, 5.41) is 22.5. The molecule has 0 saturated carbocycles. The van der Waals surface area contributed by atoms with Gasteiger partial charge < -0.3 is 10.1 Å². The summed E-state index contributed by atoms with van der Waals surface area (Å²) in [5.41, 5.74) is 2.70. The predicted molar refractivity (Wildman–Crippen MR) is 109 cm³/mol. The molecule has 0 aliphatic rings. The van der Waals surface area contributed by atoms with Crippen molar-refractivity contribution in [2.75, 3.05) is 5.75 Å². The number of benzene rings is 3. The maximum Gasteiger partial charge on any atom is 0.313 e. The number of carboxylic acid groups (broad SMARTS) is 1. The number of aromatic amines is 1. The number of rotatable bonds is 6. The largest absolute Gasteiger partial charge is 0.481 e. The zero-order valence-corrected chi connectivity index (χ0v) is 15.3. The molecule has 0 fully saturated rings. The van der Waals surface area contributed by atoms with E-state index < -0.39 is 5.97 Å². The average Bonchev–Trinajstić information content (AvgIpc) is 3.20. The molecule has 0 spiro atoms. The first-order valence-corrected chi connectivity index (χ1v) is 9.36. The van der Waals surface area contributed by atoms with Gasteiger partial charge in [-0.1, -0.05) is 48.2 Å². The highest BCUT2D eigenvalue weighted by Crippen LogP contribution is 2.32. The summed E-state index contributed by atoms with van der Waals surface area (Å²) in [7, 11) is 0. The van der Waals surface area contributed by atoms with E-state index in [1.54, 1.807) is 12.1 Å². The Hall–Kier alpha value is -3.52. The Morgan fingerprint density at radius 2 is 1.75 bits per heavy atom. The van der Waals surface area contributed by atoms with E-state index in [9.17, 15) is 9.70 Å². The number of aliphatic carboxylic acids is 1. The van der Waals surface area contributed by atoms with Crippen molar-refractivity contribution in [2.45, 2.75) is 5.16 Å². The van der Waals surface area contributed by atoms with E-state index in [0.29, 0.717) is 16.5 Å². The molecule has 4 rings (SSSR count). The van der Waals surface area contributed by atoms with Crippen molar-refractivity contribution in [3.8, 4) is 22.5 Å². The minimum atomic E-state index is -0.936. The van der Waals surface area contributed by atoms with Crippen LogP contribution >= 0.6 is 11.8 Å². The summed E-state index contributed by atoms with van der Waals surface area (Å²) in [6.45, 7) is 0. The number of hydrogen-bond donors (Lipinski definition) is 2. The highest BCUT2D eigenvalue weighted by atomic mass is 32.2. The van der Waals surface area contributed by atoms with Crippen LogP contribution in [-0.4, -0.2) is 32.0 Å². The van der Waals surface area contributed by atoms with E-state index in [4.69, 9.17) is 5.11 Å². The Kier molecular flexibility index (Phi) is 4.86. The number of nitrogens with one attached hydrogen (secondary N) is 1. The van der Waals surface area contributed by atoms with Crippen LogP contribution in [0.25, 0.3) is 33.3 Å². The summed E-state index contributed by atoms with van der Waals surface area (Å²) in [6.07, 6.45) is 0. The highest BCUT2D eigenvalue weighted by Gasteiger charge is 2.11. The molecule has 0 aliphatic heterocycles. The van der Waals surface area contributed by atoms with Gasteiger partial charge in [0.25, 0.3) is 0 Å². The van der Waals surface area contributed by atoms with Crippen molar-refractivity contribution < 1.29 is 9.90 Å². The highest BCUT2D eigenvalue weighted by molar-refractivity contribution is 7.99. The maximum atomic E-state index is 11.2. The number of nitrogens with zero attached hydrogens (tertiary/aromatic N) is 3. The number of nitroso groups, excluding NO2 is 1. The summed E-state index contributed by atoms with van der Waals surface area (Å²) < 4.78 is 0. The van der Waals surface area contributed by atoms with Gasteiger partial charge in [0, 0.05) is 5.56 Å². The molecule has 8 heteroatoms. The van der Waals surface area contributed by atoms with Crippen molar-refractivity contribution in [2.24, 2.45) is 5.18 Å². The van der Waals surface area contributed by atoms with Gasteiger partial charge in [-0.05, 0) is 51.3 Å². The first kappa shape index (κ1) is 17.9. The molecular formula is C20H14N4O3S. The zero-order chi connectivity index (χ0) is 19.5. The predicted octanol–water partition coefficient (Wildman–Crippen LogP) is 4.87. The molecule has 3 aromatic carbocycles. The molecule has 0 bridgehead atoms. The fourth-order valence-corrected chi connectivity index (χ4v) is 3.44. The van der Waals surface area contributed by atoms with Crippen LogP contribution in [0.4, 0.5) is 5.69 Å². The molecule has 138 valence electrons. The second-order valence-electron chi connectivity index (χ2n) is 6.08. The summed E-state index contributed by atoms with van der Waals surface area (Å²) in [6, 6.07) is 19.3. The van der Waals surface area contributed by atoms with Crippen LogP contribution in [0, 0.1) is 4.91 Å². The number of hydrogen-bond acceptors (Lipinski definition) is 6. The van der Waals surface area contributed by atoms with Crippen LogP contribution in [0.5, 0.6) is 0 Å². The van der Waals surface area contributed by atoms with Gasteiger partial charge in [-0.3, -0.25) is 4.79 Å². The molecule has 0 aliphatic carbocycles. The average molecular weight is 390 g/mol. The van der Waals surface area contributed by atoms with Gasteiger partial charge in [0.1, 0.15) is 5.69 Å². The van der Waals surface area contributed by atoms with Crippen LogP contribution in [0.2, 0.25) is 0 Å². The molecule has 0 unspecified atom stereocenters. The zero-order valence-electron chi connectivity index (χ0n) is 14.5. The standard InChI is InChI=1S/C20H14N4O3S/c25-18(26)11-28-20-21-19(22-23-20)16-8-15(9-17(10-16)24-27)14-6-5-12-3-1-2-4-13(12)7-14/h1-10H,11H2,(H,25,26)(H,21,22,23). The molecule has 2 N–H and O–H groups in total. The maximum absolute atomic E-state index is 11.2. The number of carbonyl (C=O) groups is 1. The van der Waals surface area contributed by atoms with Crippen molar-refractivity contribution in [3.63, 3.8) is 0 Å². The number of thioether (sulfide) groups is 1. The van der Waals surface area contributed by atoms with Gasteiger partial charge >= 0.3 is 5.97 Å². The van der Waals surface area contributed by atoms with Crippen LogP contribution in [0.15, 0.2) is 71.0 Å². The van der Waals surface area contributed by atoms with Gasteiger partial charge in [-0.15, -0.1) is 15.1 Å². The lowest BCUT2D eigenvalue weighted by atomic mass is 9.99. The van der Waals surface area contributed by atoms with E-state index >= 15 is 0 Å². The molecule has 28 heavy (non-hydrogen) atoms. The van der Waals surface area contributed by atoms with Crippen molar-refractivity contribution in [3.05, 3.63) is 65.6 Å². The number of H-pyrrole nitrogens is 1. The fraction of sp³-hybridized carbons (Fsp3) is 0.0500. The van der Waals surface area contributed by atoms with Crippen molar-refractivity contribution >= 4 is 34.2 Å². The molecule has 7 nitrogen and oxygen atoms in total. The third-order valence-corrected chi connectivity index (χ3v) is 5.03.